The topological polar surface area (TPSA) is 61.6 Å². The van der Waals surface area contributed by atoms with Crippen molar-refractivity contribution >= 4 is 0 Å². The molecule has 0 amide bonds. The molecule has 0 aromatic carbocycles. The van der Waals surface area contributed by atoms with Gasteiger partial charge in [-0.15, -0.1) is 0 Å². The summed E-state index contributed by atoms with van der Waals surface area (Å²) < 4.78 is 11.0. The normalized spacial score (nSPS) is 20.4. The Morgan fingerprint density at radius 1 is 1.18 bits per heavy atom. The van der Waals surface area contributed by atoms with Crippen LogP contribution in [-0.2, 0) is 9.47 Å². The first-order valence-corrected chi connectivity index (χ1v) is 6.64. The lowest BCUT2D eigenvalue weighted by Gasteiger charge is -2.22. The summed E-state index contributed by atoms with van der Waals surface area (Å²) in [6.45, 7) is 1.68. The fraction of sp³-hybridized carbons (Fsp3) is 1.00. The van der Waals surface area contributed by atoms with Crippen LogP contribution in [0.2, 0.25) is 0 Å². The van der Waals surface area contributed by atoms with Crippen molar-refractivity contribution in [1.29, 1.82) is 0 Å². The van der Waals surface area contributed by atoms with Crippen molar-refractivity contribution < 1.29 is 14.4 Å². The molecule has 1 rings (SSSR count). The third kappa shape index (κ3) is 8.10. The van der Waals surface area contributed by atoms with E-state index in [1.54, 1.807) is 0 Å². The average molecular weight is 245 g/mol. The molecule has 1 aliphatic rings. The number of hydrogen-bond acceptors (Lipinski definition) is 4. The summed E-state index contributed by atoms with van der Waals surface area (Å²) in [4.78, 5) is 9.83. The summed E-state index contributed by atoms with van der Waals surface area (Å²) in [6.07, 6.45) is 8.19. The first-order valence-electron chi connectivity index (χ1n) is 6.64. The lowest BCUT2D eigenvalue weighted by molar-refractivity contribution is -0.480. The molecule has 17 heavy (non-hydrogen) atoms. The van der Waals surface area contributed by atoms with Crippen LogP contribution in [0, 0.1) is 10.1 Å². The van der Waals surface area contributed by atoms with Crippen LogP contribution in [-0.4, -0.2) is 31.0 Å². The van der Waals surface area contributed by atoms with Gasteiger partial charge in [0.05, 0.1) is 0 Å². The van der Waals surface area contributed by atoms with Crippen molar-refractivity contribution in [2.24, 2.45) is 0 Å². The smallest absolute Gasteiger partial charge is 0.203 e. The maximum absolute atomic E-state index is 10.1. The van der Waals surface area contributed by atoms with Crippen molar-refractivity contribution in [3.8, 4) is 0 Å². The second kappa shape index (κ2) is 9.36. The molecule has 1 aliphatic heterocycles. The summed E-state index contributed by atoms with van der Waals surface area (Å²) in [5.41, 5.74) is 0. The predicted molar refractivity (Wildman–Crippen MR) is 64.5 cm³/mol. The quantitative estimate of drug-likeness (QED) is 0.356. The summed E-state index contributed by atoms with van der Waals surface area (Å²) in [5, 5.41) is 10.1. The molecule has 100 valence electrons. The number of hydrogen-bond donors (Lipinski definition) is 0. The number of unbranched alkanes of at least 4 members (excludes halogenated alkanes) is 4. The molecule has 0 aromatic rings. The third-order valence-electron chi connectivity index (χ3n) is 2.93. The number of nitrogens with zero attached hydrogens (tertiary/aromatic N) is 1. The van der Waals surface area contributed by atoms with Crippen LogP contribution >= 0.6 is 0 Å². The minimum atomic E-state index is -0.247. The molecule has 0 spiro atoms. The molecule has 0 aliphatic carbocycles. The van der Waals surface area contributed by atoms with Gasteiger partial charge in [-0.3, -0.25) is 10.1 Å². The summed E-state index contributed by atoms with van der Waals surface area (Å²) in [6, 6.07) is 0. The van der Waals surface area contributed by atoms with Gasteiger partial charge in [0.15, 0.2) is 6.29 Å². The van der Waals surface area contributed by atoms with Crippen molar-refractivity contribution in [2.75, 3.05) is 19.8 Å². The lowest BCUT2D eigenvalue weighted by Crippen LogP contribution is -2.22. The summed E-state index contributed by atoms with van der Waals surface area (Å²) in [7, 11) is 0. The average Bonchev–Trinajstić information content (AvgIpc) is 2.33. The zero-order chi connectivity index (χ0) is 12.3. The zero-order valence-electron chi connectivity index (χ0n) is 10.4. The maximum Gasteiger partial charge on any atom is 0.203 e. The number of nitro groups is 1. The zero-order valence-corrected chi connectivity index (χ0v) is 10.4. The highest BCUT2D eigenvalue weighted by Gasteiger charge is 2.13. The molecular weight excluding hydrogens is 222 g/mol. The first-order chi connectivity index (χ1) is 8.29. The van der Waals surface area contributed by atoms with E-state index in [1.165, 1.54) is 6.42 Å². The highest BCUT2D eigenvalue weighted by molar-refractivity contribution is 4.54. The van der Waals surface area contributed by atoms with Crippen molar-refractivity contribution in [1.82, 2.24) is 0 Å². The van der Waals surface area contributed by atoms with Gasteiger partial charge in [-0.25, -0.2) is 0 Å². The van der Waals surface area contributed by atoms with Gasteiger partial charge in [-0.1, -0.05) is 12.8 Å². The van der Waals surface area contributed by atoms with Crippen molar-refractivity contribution in [3.05, 3.63) is 10.1 Å². The molecule has 5 heteroatoms. The molecule has 5 nitrogen and oxygen atoms in total. The highest BCUT2D eigenvalue weighted by atomic mass is 16.7. The van der Waals surface area contributed by atoms with Crippen LogP contribution in [0.4, 0.5) is 0 Å². The van der Waals surface area contributed by atoms with Gasteiger partial charge in [0.1, 0.15) is 0 Å². The van der Waals surface area contributed by atoms with E-state index in [-0.39, 0.29) is 17.8 Å². The maximum atomic E-state index is 10.1. The first kappa shape index (κ1) is 14.4. The second-order valence-electron chi connectivity index (χ2n) is 4.49. The molecule has 1 atom stereocenters. The fourth-order valence-corrected chi connectivity index (χ4v) is 1.93. The Morgan fingerprint density at radius 3 is 2.65 bits per heavy atom. The van der Waals surface area contributed by atoms with E-state index >= 15 is 0 Å². The standard InChI is InChI=1S/C12H23NO4/c14-13(15)9-5-2-1-3-6-10-16-12-8-4-7-11-17-12/h12H,1-11H2. The Balaban J connectivity index is 1.79. The van der Waals surface area contributed by atoms with Gasteiger partial charge in [-0.05, 0) is 32.1 Å². The van der Waals surface area contributed by atoms with Crippen LogP contribution in [0.3, 0.4) is 0 Å². The molecular formula is C12H23NO4. The Bertz CT molecular complexity index is 205. The molecule has 0 aromatic heterocycles. The van der Waals surface area contributed by atoms with Crippen LogP contribution in [0.25, 0.3) is 0 Å². The van der Waals surface area contributed by atoms with Crippen molar-refractivity contribution in [3.63, 3.8) is 0 Å². The molecule has 0 saturated carbocycles. The van der Waals surface area contributed by atoms with Crippen LogP contribution in [0.5, 0.6) is 0 Å². The Labute approximate surface area is 103 Å². The SMILES string of the molecule is O=[N+]([O-])CCCCCCCOC1CCCCO1. The molecule has 0 N–H and O–H groups in total. The van der Waals surface area contributed by atoms with Crippen LogP contribution in [0.1, 0.15) is 51.4 Å². The van der Waals surface area contributed by atoms with Gasteiger partial charge in [-0.2, -0.15) is 0 Å². The number of rotatable bonds is 9. The summed E-state index contributed by atoms with van der Waals surface area (Å²) in [5.74, 6) is 0. The third-order valence-corrected chi connectivity index (χ3v) is 2.93. The van der Waals surface area contributed by atoms with E-state index in [0.717, 1.165) is 51.7 Å². The van der Waals surface area contributed by atoms with Gasteiger partial charge in [0, 0.05) is 24.6 Å². The molecule has 1 fully saturated rings. The fourth-order valence-electron chi connectivity index (χ4n) is 1.93. The monoisotopic (exact) mass is 245 g/mol. The molecule has 1 saturated heterocycles. The molecule has 0 radical (unpaired) electrons. The van der Waals surface area contributed by atoms with E-state index in [9.17, 15) is 10.1 Å². The van der Waals surface area contributed by atoms with Crippen LogP contribution in [0.15, 0.2) is 0 Å². The lowest BCUT2D eigenvalue weighted by atomic mass is 10.1. The van der Waals surface area contributed by atoms with Gasteiger partial charge >= 0.3 is 0 Å². The summed E-state index contributed by atoms with van der Waals surface area (Å²) >= 11 is 0. The predicted octanol–water partition coefficient (Wildman–Crippen LogP) is 2.76. The van der Waals surface area contributed by atoms with E-state index in [2.05, 4.69) is 0 Å². The van der Waals surface area contributed by atoms with E-state index in [1.807, 2.05) is 0 Å². The Kier molecular flexibility index (Phi) is 7.92. The molecule has 1 heterocycles. The minimum Gasteiger partial charge on any atom is -0.353 e. The van der Waals surface area contributed by atoms with E-state index < -0.39 is 0 Å². The second-order valence-corrected chi connectivity index (χ2v) is 4.49. The van der Waals surface area contributed by atoms with Crippen LogP contribution < -0.4 is 0 Å². The Hall–Kier alpha value is -0.680. The largest absolute Gasteiger partial charge is 0.353 e. The van der Waals surface area contributed by atoms with Gasteiger partial charge in [0.25, 0.3) is 0 Å². The number of ether oxygens (including phenoxy) is 2. The Morgan fingerprint density at radius 2 is 1.94 bits per heavy atom. The molecule has 0 bridgehead atoms. The van der Waals surface area contributed by atoms with Gasteiger partial charge < -0.3 is 9.47 Å². The minimum absolute atomic E-state index is 0.0123. The van der Waals surface area contributed by atoms with Gasteiger partial charge in [0.2, 0.25) is 6.54 Å². The van der Waals surface area contributed by atoms with Crippen molar-refractivity contribution in [2.45, 2.75) is 57.7 Å². The van der Waals surface area contributed by atoms with E-state index in [4.69, 9.17) is 9.47 Å². The molecule has 1 unspecified atom stereocenters. The highest BCUT2D eigenvalue weighted by Crippen LogP contribution is 2.14. The van der Waals surface area contributed by atoms with E-state index in [0.29, 0.717) is 6.42 Å².